The normalized spacial score (nSPS) is 26.0. The number of hydrogen-bond acceptors (Lipinski definition) is 8. The third-order valence-electron chi connectivity index (χ3n) is 3.72. The summed E-state index contributed by atoms with van der Waals surface area (Å²) in [6.07, 6.45) is 0. The van der Waals surface area contributed by atoms with Crippen molar-refractivity contribution in [3.63, 3.8) is 0 Å². The van der Waals surface area contributed by atoms with Gasteiger partial charge in [0.1, 0.15) is 0 Å². The first-order valence-corrected chi connectivity index (χ1v) is 11.2. The van der Waals surface area contributed by atoms with Crippen LogP contribution in [0.15, 0.2) is 24.3 Å². The topological polar surface area (TPSA) is 89.5 Å². The molecule has 0 spiro atoms. The summed E-state index contributed by atoms with van der Waals surface area (Å²) in [5, 5.41) is 0. The predicted octanol–water partition coefficient (Wildman–Crippen LogP) is 4.81. The second kappa shape index (κ2) is 6.93. The Morgan fingerprint density at radius 2 is 1.04 bits per heavy atom. The van der Waals surface area contributed by atoms with Crippen molar-refractivity contribution in [3.05, 3.63) is 24.3 Å². The summed E-state index contributed by atoms with van der Waals surface area (Å²) >= 11 is 0. The molecule has 0 bridgehead atoms. The molecule has 1 aromatic carbocycles. The molecule has 0 saturated carbocycles. The minimum Gasteiger partial charge on any atom is -0.400 e. The molecule has 2 aliphatic heterocycles. The van der Waals surface area contributed by atoms with Crippen molar-refractivity contribution in [2.24, 2.45) is 10.8 Å². The van der Waals surface area contributed by atoms with E-state index in [9.17, 15) is 9.13 Å². The third-order valence-corrected chi connectivity index (χ3v) is 6.34. The lowest BCUT2D eigenvalue weighted by Crippen LogP contribution is -2.30. The number of para-hydroxylation sites is 2. The van der Waals surface area contributed by atoms with Crippen LogP contribution in [-0.4, -0.2) is 26.4 Å². The van der Waals surface area contributed by atoms with E-state index >= 15 is 0 Å². The zero-order chi connectivity index (χ0) is 19.1. The molecule has 26 heavy (non-hydrogen) atoms. The Bertz CT molecular complexity index is 669. The van der Waals surface area contributed by atoms with Crippen LogP contribution in [0.3, 0.4) is 0 Å². The molecule has 10 heteroatoms. The fourth-order valence-electron chi connectivity index (χ4n) is 2.12. The number of benzene rings is 1. The molecule has 2 saturated heterocycles. The summed E-state index contributed by atoms with van der Waals surface area (Å²) in [7, 11) is -7.58. The molecule has 0 aliphatic carbocycles. The van der Waals surface area contributed by atoms with Crippen molar-refractivity contribution in [2.75, 3.05) is 26.4 Å². The minimum absolute atomic E-state index is 0.0720. The molecule has 146 valence electrons. The lowest BCUT2D eigenvalue weighted by atomic mass is 9.97. The van der Waals surface area contributed by atoms with Gasteiger partial charge in [0, 0.05) is 10.8 Å². The van der Waals surface area contributed by atoms with Gasteiger partial charge in [0.25, 0.3) is 0 Å². The van der Waals surface area contributed by atoms with E-state index in [0.717, 1.165) is 0 Å². The van der Waals surface area contributed by atoms with Crippen LogP contribution in [0.25, 0.3) is 0 Å². The Morgan fingerprint density at radius 3 is 1.35 bits per heavy atom. The van der Waals surface area contributed by atoms with Crippen molar-refractivity contribution in [3.8, 4) is 11.5 Å². The zero-order valence-corrected chi connectivity index (χ0v) is 17.1. The summed E-state index contributed by atoms with van der Waals surface area (Å²) in [6, 6.07) is 6.34. The molecular weight excluding hydrogens is 382 g/mol. The molecule has 0 radical (unpaired) electrons. The van der Waals surface area contributed by atoms with E-state index in [1.54, 1.807) is 12.1 Å². The molecule has 8 nitrogen and oxygen atoms in total. The highest BCUT2D eigenvalue weighted by atomic mass is 31.2. The fourth-order valence-corrected chi connectivity index (χ4v) is 5.29. The maximum Gasteiger partial charge on any atom is 0.530 e. The molecule has 0 aromatic heterocycles. The minimum atomic E-state index is -3.79. The molecule has 2 fully saturated rings. The van der Waals surface area contributed by atoms with Crippen LogP contribution in [0, 0.1) is 10.8 Å². The number of phosphoric ester groups is 2. The van der Waals surface area contributed by atoms with E-state index < -0.39 is 15.6 Å². The Hall–Kier alpha value is -0.880. The molecule has 0 N–H and O–H groups in total. The summed E-state index contributed by atoms with van der Waals surface area (Å²) in [4.78, 5) is 0. The Balaban J connectivity index is 1.73. The van der Waals surface area contributed by atoms with Crippen LogP contribution in [0.5, 0.6) is 11.5 Å². The van der Waals surface area contributed by atoms with E-state index in [-0.39, 0.29) is 48.8 Å². The van der Waals surface area contributed by atoms with Gasteiger partial charge >= 0.3 is 15.6 Å². The fraction of sp³-hybridized carbons (Fsp3) is 0.625. The van der Waals surface area contributed by atoms with Gasteiger partial charge in [-0.2, -0.15) is 0 Å². The highest BCUT2D eigenvalue weighted by Crippen LogP contribution is 2.59. The van der Waals surface area contributed by atoms with Crippen LogP contribution >= 0.6 is 15.6 Å². The van der Waals surface area contributed by atoms with Gasteiger partial charge in [-0.05, 0) is 12.1 Å². The van der Waals surface area contributed by atoms with E-state index in [0.29, 0.717) is 0 Å². The van der Waals surface area contributed by atoms with E-state index in [1.807, 2.05) is 27.7 Å². The number of rotatable bonds is 4. The van der Waals surface area contributed by atoms with Crippen molar-refractivity contribution in [1.82, 2.24) is 0 Å². The van der Waals surface area contributed by atoms with Crippen LogP contribution < -0.4 is 9.05 Å². The number of hydrogen-bond donors (Lipinski definition) is 0. The highest BCUT2D eigenvalue weighted by Gasteiger charge is 2.42. The van der Waals surface area contributed by atoms with Gasteiger partial charge in [-0.3, -0.25) is 18.1 Å². The molecule has 0 unspecified atom stereocenters. The van der Waals surface area contributed by atoms with Crippen molar-refractivity contribution in [1.29, 1.82) is 0 Å². The first-order valence-electron chi connectivity index (χ1n) is 8.27. The van der Waals surface area contributed by atoms with E-state index in [1.165, 1.54) is 12.1 Å². The number of phosphoric acid groups is 2. The molecule has 0 atom stereocenters. The molecule has 1 aromatic rings. The van der Waals surface area contributed by atoms with Gasteiger partial charge in [-0.15, -0.1) is 0 Å². The Morgan fingerprint density at radius 1 is 0.731 bits per heavy atom. The van der Waals surface area contributed by atoms with Gasteiger partial charge in [-0.25, -0.2) is 9.13 Å². The van der Waals surface area contributed by atoms with Crippen molar-refractivity contribution < 1.29 is 36.3 Å². The lowest BCUT2D eigenvalue weighted by Gasteiger charge is -2.34. The molecular formula is C16H24O8P2. The monoisotopic (exact) mass is 406 g/mol. The van der Waals surface area contributed by atoms with Gasteiger partial charge in [0.15, 0.2) is 11.5 Å². The smallest absolute Gasteiger partial charge is 0.400 e. The predicted molar refractivity (Wildman–Crippen MR) is 94.3 cm³/mol. The van der Waals surface area contributed by atoms with Gasteiger partial charge < -0.3 is 9.05 Å². The maximum absolute atomic E-state index is 12.6. The standard InChI is InChI=1S/C16H24O8P2/c1-15(2)9-19-25(17,20-10-15)23-13-7-5-6-8-14(13)24-26(18)21-11-16(3,4)12-22-26/h5-8H,9-12H2,1-4H3. The van der Waals surface area contributed by atoms with Gasteiger partial charge in [0.05, 0.1) is 26.4 Å². The highest BCUT2D eigenvalue weighted by molar-refractivity contribution is 7.49. The van der Waals surface area contributed by atoms with Crippen molar-refractivity contribution in [2.45, 2.75) is 27.7 Å². The van der Waals surface area contributed by atoms with Crippen LogP contribution in [0.2, 0.25) is 0 Å². The average Bonchev–Trinajstić information content (AvgIpc) is 2.56. The van der Waals surface area contributed by atoms with Gasteiger partial charge in [0.2, 0.25) is 0 Å². The SMILES string of the molecule is CC1(C)COP(=O)(Oc2ccccc2OP2(=O)OCC(C)(C)CO2)OC1. The summed E-state index contributed by atoms with van der Waals surface area (Å²) < 4.78 is 57.4. The summed E-state index contributed by atoms with van der Waals surface area (Å²) in [5.74, 6) is 0.144. The van der Waals surface area contributed by atoms with Crippen LogP contribution in [0.1, 0.15) is 27.7 Å². The first-order chi connectivity index (χ1) is 12.0. The molecule has 2 aliphatic rings. The molecule has 3 rings (SSSR count). The Labute approximate surface area is 153 Å². The zero-order valence-electron chi connectivity index (χ0n) is 15.3. The maximum atomic E-state index is 12.6. The quantitative estimate of drug-likeness (QED) is 0.659. The summed E-state index contributed by atoms with van der Waals surface area (Å²) in [5.41, 5.74) is -0.511. The van der Waals surface area contributed by atoms with Crippen molar-refractivity contribution >= 4 is 15.6 Å². The Kier molecular flexibility index (Phi) is 5.30. The second-order valence-electron chi connectivity index (χ2n) is 7.95. The first kappa shape index (κ1) is 19.9. The summed E-state index contributed by atoms with van der Waals surface area (Å²) in [6.45, 7) is 8.63. The van der Waals surface area contributed by atoms with E-state index in [4.69, 9.17) is 27.1 Å². The van der Waals surface area contributed by atoms with Gasteiger partial charge in [-0.1, -0.05) is 39.8 Å². The largest absolute Gasteiger partial charge is 0.530 e. The second-order valence-corrected chi connectivity index (χ2v) is 11.1. The van der Waals surface area contributed by atoms with E-state index in [2.05, 4.69) is 0 Å². The lowest BCUT2D eigenvalue weighted by molar-refractivity contribution is 0.0145. The van der Waals surface area contributed by atoms with Crippen LogP contribution in [0.4, 0.5) is 0 Å². The molecule has 2 heterocycles. The average molecular weight is 406 g/mol. The molecule has 0 amide bonds. The third kappa shape index (κ3) is 4.89. The van der Waals surface area contributed by atoms with Crippen LogP contribution in [-0.2, 0) is 27.2 Å².